The molecule has 3 nitrogen and oxygen atoms in total. The van der Waals surface area contributed by atoms with Crippen LogP contribution in [0.3, 0.4) is 0 Å². The number of hydrogen-bond acceptors (Lipinski definition) is 2. The Morgan fingerprint density at radius 1 is 0.789 bits per heavy atom. The highest BCUT2D eigenvalue weighted by Gasteiger charge is 2.08. The zero-order chi connectivity index (χ0) is 12.7. The minimum absolute atomic E-state index is 0.924. The fourth-order valence-electron chi connectivity index (χ4n) is 2.53. The molecule has 0 saturated carbocycles. The summed E-state index contributed by atoms with van der Waals surface area (Å²) in [5, 5.41) is 1.21. The molecule has 2 heterocycles. The van der Waals surface area contributed by atoms with Gasteiger partial charge in [0, 0.05) is 35.1 Å². The van der Waals surface area contributed by atoms with Crippen molar-refractivity contribution in [2.24, 2.45) is 0 Å². The number of fused-ring (bicyclic) bond motifs is 2. The fraction of sp³-hybridized carbons (Fsp3) is 0. The zero-order valence-electron chi connectivity index (χ0n) is 10.2. The summed E-state index contributed by atoms with van der Waals surface area (Å²) in [7, 11) is 0. The molecule has 4 rings (SSSR count). The van der Waals surface area contributed by atoms with Crippen LogP contribution in [-0.2, 0) is 0 Å². The second kappa shape index (κ2) is 3.92. The number of para-hydroxylation sites is 1. The highest BCUT2D eigenvalue weighted by atomic mass is 14.8. The first-order valence-corrected chi connectivity index (χ1v) is 6.20. The number of hydrogen-bond donors (Lipinski definition) is 1. The van der Waals surface area contributed by atoms with Crippen molar-refractivity contribution in [2.45, 2.75) is 0 Å². The van der Waals surface area contributed by atoms with Crippen LogP contribution in [0.4, 0.5) is 0 Å². The average molecular weight is 245 g/mol. The summed E-state index contributed by atoms with van der Waals surface area (Å²) in [5.41, 5.74) is 5.31. The Morgan fingerprint density at radius 2 is 1.63 bits per heavy atom. The van der Waals surface area contributed by atoms with E-state index in [-0.39, 0.29) is 0 Å². The van der Waals surface area contributed by atoms with Crippen molar-refractivity contribution in [1.29, 1.82) is 0 Å². The summed E-state index contributed by atoms with van der Waals surface area (Å²) >= 11 is 0. The third kappa shape index (κ3) is 1.52. The molecule has 0 aliphatic rings. The van der Waals surface area contributed by atoms with Crippen LogP contribution in [0.1, 0.15) is 0 Å². The Bertz CT molecular complexity index is 872. The summed E-state index contributed by atoms with van der Waals surface area (Å²) in [4.78, 5) is 12.1. The number of aromatic nitrogens is 3. The van der Waals surface area contributed by atoms with E-state index in [1.165, 1.54) is 10.9 Å². The van der Waals surface area contributed by atoms with Crippen LogP contribution in [0, 0.1) is 0 Å². The maximum absolute atomic E-state index is 4.48. The van der Waals surface area contributed by atoms with Gasteiger partial charge in [0.25, 0.3) is 0 Å². The molecule has 4 aromatic rings. The summed E-state index contributed by atoms with van der Waals surface area (Å²) in [6.07, 6.45) is 5.43. The zero-order valence-corrected chi connectivity index (χ0v) is 10.2. The van der Waals surface area contributed by atoms with E-state index in [0.29, 0.717) is 0 Å². The van der Waals surface area contributed by atoms with Crippen molar-refractivity contribution in [2.75, 3.05) is 0 Å². The molecule has 0 fully saturated rings. The van der Waals surface area contributed by atoms with Gasteiger partial charge in [-0.3, -0.25) is 9.97 Å². The largest absolute Gasteiger partial charge is 0.361 e. The van der Waals surface area contributed by atoms with Crippen molar-refractivity contribution >= 4 is 21.9 Å². The monoisotopic (exact) mass is 245 g/mol. The number of aromatic amines is 1. The Balaban J connectivity index is 2.12. The average Bonchev–Trinajstić information content (AvgIpc) is 2.95. The van der Waals surface area contributed by atoms with Gasteiger partial charge in [-0.2, -0.15) is 0 Å². The van der Waals surface area contributed by atoms with Gasteiger partial charge in [0.2, 0.25) is 0 Å². The molecule has 19 heavy (non-hydrogen) atoms. The number of nitrogens with zero attached hydrogens (tertiary/aromatic N) is 2. The molecule has 0 bridgehead atoms. The molecule has 0 radical (unpaired) electrons. The molecular weight excluding hydrogens is 234 g/mol. The molecular formula is C16H11N3. The quantitative estimate of drug-likeness (QED) is 0.554. The van der Waals surface area contributed by atoms with E-state index in [1.807, 2.05) is 18.3 Å². The predicted molar refractivity (Wildman–Crippen MR) is 76.8 cm³/mol. The standard InChI is InChI=1S/C16H11N3/c1-3-11(12-7-8-17-14(12)5-1)13-4-2-6-15-16(13)19-10-9-18-15/h1-10,17H. The first-order chi connectivity index (χ1) is 9.43. The van der Waals surface area contributed by atoms with E-state index >= 15 is 0 Å². The van der Waals surface area contributed by atoms with Crippen molar-refractivity contribution in [3.8, 4) is 11.1 Å². The van der Waals surface area contributed by atoms with Crippen LogP contribution in [0.15, 0.2) is 61.1 Å². The number of rotatable bonds is 1. The van der Waals surface area contributed by atoms with Crippen molar-refractivity contribution in [3.05, 3.63) is 61.1 Å². The van der Waals surface area contributed by atoms with Gasteiger partial charge in [-0.1, -0.05) is 24.3 Å². The number of benzene rings is 2. The van der Waals surface area contributed by atoms with E-state index in [9.17, 15) is 0 Å². The summed E-state index contributed by atoms with van der Waals surface area (Å²) in [6, 6.07) is 14.5. The molecule has 0 unspecified atom stereocenters. The van der Waals surface area contributed by atoms with Crippen molar-refractivity contribution in [3.63, 3.8) is 0 Å². The second-order valence-electron chi connectivity index (χ2n) is 4.47. The lowest BCUT2D eigenvalue weighted by Crippen LogP contribution is -1.87. The van der Waals surface area contributed by atoms with E-state index < -0.39 is 0 Å². The molecule has 3 heteroatoms. The molecule has 0 saturated heterocycles. The molecule has 0 spiro atoms. The van der Waals surface area contributed by atoms with E-state index in [2.05, 4.69) is 45.3 Å². The molecule has 90 valence electrons. The van der Waals surface area contributed by atoms with E-state index in [1.54, 1.807) is 12.4 Å². The molecule has 2 aromatic carbocycles. The normalized spacial score (nSPS) is 11.2. The highest BCUT2D eigenvalue weighted by molar-refractivity contribution is 6.02. The van der Waals surface area contributed by atoms with Crippen LogP contribution in [0.25, 0.3) is 33.1 Å². The molecule has 1 N–H and O–H groups in total. The van der Waals surface area contributed by atoms with Crippen LogP contribution < -0.4 is 0 Å². The molecule has 0 aliphatic heterocycles. The van der Waals surface area contributed by atoms with E-state index in [4.69, 9.17) is 0 Å². The van der Waals surface area contributed by atoms with Gasteiger partial charge >= 0.3 is 0 Å². The third-order valence-electron chi connectivity index (χ3n) is 3.38. The fourth-order valence-corrected chi connectivity index (χ4v) is 2.53. The Hall–Kier alpha value is -2.68. The minimum Gasteiger partial charge on any atom is -0.361 e. The lowest BCUT2D eigenvalue weighted by molar-refractivity contribution is 1.29. The molecule has 0 atom stereocenters. The van der Waals surface area contributed by atoms with Gasteiger partial charge in [0.1, 0.15) is 0 Å². The molecule has 2 aromatic heterocycles. The number of H-pyrrole nitrogens is 1. The second-order valence-corrected chi connectivity index (χ2v) is 4.47. The van der Waals surface area contributed by atoms with Crippen LogP contribution >= 0.6 is 0 Å². The van der Waals surface area contributed by atoms with Crippen LogP contribution in [0.2, 0.25) is 0 Å². The lowest BCUT2D eigenvalue weighted by Gasteiger charge is -2.06. The Labute approximate surface area is 110 Å². The summed E-state index contributed by atoms with van der Waals surface area (Å²) < 4.78 is 0. The minimum atomic E-state index is 0.924. The smallest absolute Gasteiger partial charge is 0.0965 e. The topological polar surface area (TPSA) is 41.6 Å². The third-order valence-corrected chi connectivity index (χ3v) is 3.38. The van der Waals surface area contributed by atoms with Crippen molar-refractivity contribution < 1.29 is 0 Å². The molecule has 0 aliphatic carbocycles. The SMILES string of the molecule is c1cc(-c2cccc3[nH]ccc23)c2nccnc2c1. The maximum atomic E-state index is 4.48. The molecule has 0 amide bonds. The van der Waals surface area contributed by atoms with Gasteiger partial charge in [-0.05, 0) is 23.8 Å². The first-order valence-electron chi connectivity index (χ1n) is 6.20. The lowest BCUT2D eigenvalue weighted by atomic mass is 10.0. The van der Waals surface area contributed by atoms with Gasteiger partial charge in [0.15, 0.2) is 0 Å². The Morgan fingerprint density at radius 3 is 2.63 bits per heavy atom. The first kappa shape index (κ1) is 10.3. The van der Waals surface area contributed by atoms with Gasteiger partial charge < -0.3 is 4.98 Å². The van der Waals surface area contributed by atoms with Gasteiger partial charge in [-0.25, -0.2) is 0 Å². The summed E-state index contributed by atoms with van der Waals surface area (Å²) in [6.45, 7) is 0. The van der Waals surface area contributed by atoms with Gasteiger partial charge in [-0.15, -0.1) is 0 Å². The van der Waals surface area contributed by atoms with Gasteiger partial charge in [0.05, 0.1) is 11.0 Å². The van der Waals surface area contributed by atoms with Crippen LogP contribution in [-0.4, -0.2) is 15.0 Å². The summed E-state index contributed by atoms with van der Waals surface area (Å²) in [5.74, 6) is 0. The number of nitrogens with one attached hydrogen (secondary N) is 1. The van der Waals surface area contributed by atoms with Crippen molar-refractivity contribution in [1.82, 2.24) is 15.0 Å². The highest BCUT2D eigenvalue weighted by Crippen LogP contribution is 2.31. The van der Waals surface area contributed by atoms with Crippen LogP contribution in [0.5, 0.6) is 0 Å². The van der Waals surface area contributed by atoms with E-state index in [0.717, 1.165) is 22.1 Å². The Kier molecular flexibility index (Phi) is 2.12. The predicted octanol–water partition coefficient (Wildman–Crippen LogP) is 3.78. The maximum Gasteiger partial charge on any atom is 0.0965 e.